The van der Waals surface area contributed by atoms with E-state index in [1.54, 1.807) is 0 Å². The summed E-state index contributed by atoms with van der Waals surface area (Å²) in [6, 6.07) is 45.4. The number of para-hydroxylation sites is 2. The normalized spacial score (nSPS) is 19.8. The van der Waals surface area contributed by atoms with E-state index in [1.165, 1.54) is 0 Å². The zero-order valence-electron chi connectivity index (χ0n) is 22.6. The van der Waals surface area contributed by atoms with E-state index >= 15 is 4.57 Å². The minimum atomic E-state index is -3.79. The molecule has 7 heteroatoms. The van der Waals surface area contributed by atoms with Gasteiger partial charge in [-0.3, -0.25) is 9.83 Å². The van der Waals surface area contributed by atoms with Crippen molar-refractivity contribution in [1.29, 1.82) is 5.16 Å². The van der Waals surface area contributed by atoms with Gasteiger partial charge in [0, 0.05) is 27.7 Å². The lowest BCUT2D eigenvalue weighted by Crippen LogP contribution is -2.35. The second-order valence-electron chi connectivity index (χ2n) is 10.5. The third kappa shape index (κ3) is 3.85. The lowest BCUT2D eigenvalue weighted by molar-refractivity contribution is 0.488. The van der Waals surface area contributed by atoms with E-state index in [4.69, 9.17) is 9.05 Å². The molecular weight excluding hydrogens is 558 g/mol. The maximum Gasteiger partial charge on any atom is 0.375 e. The van der Waals surface area contributed by atoms with Crippen molar-refractivity contribution in [3.8, 4) is 33.8 Å². The van der Waals surface area contributed by atoms with Crippen LogP contribution in [-0.2, 0) is 4.57 Å². The van der Waals surface area contributed by atoms with E-state index < -0.39 is 14.8 Å². The molecule has 8 rings (SSSR count). The van der Waals surface area contributed by atoms with Crippen LogP contribution in [0.15, 0.2) is 140 Å². The molecule has 0 aliphatic carbocycles. The molecule has 2 unspecified atom stereocenters. The van der Waals surface area contributed by atoms with Crippen molar-refractivity contribution in [3.63, 3.8) is 0 Å². The van der Waals surface area contributed by atoms with Crippen molar-refractivity contribution < 1.29 is 13.6 Å². The van der Waals surface area contributed by atoms with Crippen LogP contribution in [-0.4, -0.2) is 6.29 Å². The number of anilines is 1. The average molecular weight is 585 g/mol. The minimum Gasteiger partial charge on any atom is -0.454 e. The van der Waals surface area contributed by atoms with Gasteiger partial charge in [0.1, 0.15) is 11.5 Å². The number of rotatable bonds is 4. The van der Waals surface area contributed by atoms with Crippen LogP contribution < -0.4 is 24.3 Å². The number of nitrogens with one attached hydrogen (secondary N) is 1. The topological polar surface area (TPSA) is 62.6 Å². The van der Waals surface area contributed by atoms with Crippen LogP contribution in [0.5, 0.6) is 11.5 Å². The van der Waals surface area contributed by atoms with Crippen molar-refractivity contribution >= 4 is 41.9 Å². The molecular formula is C35H26N2O3P2. The summed E-state index contributed by atoms with van der Waals surface area (Å²) in [5, 5.41) is 13.5. The van der Waals surface area contributed by atoms with Gasteiger partial charge in [-0.2, -0.15) is 0 Å². The van der Waals surface area contributed by atoms with Crippen molar-refractivity contribution in [2.75, 3.05) is 11.0 Å². The summed E-state index contributed by atoms with van der Waals surface area (Å²) in [6.07, 6.45) is 0.0739. The van der Waals surface area contributed by atoms with Gasteiger partial charge in [-0.15, -0.1) is 0 Å². The van der Waals surface area contributed by atoms with E-state index in [0.717, 1.165) is 44.0 Å². The SMILES string of the molecule is N=P1(CN(c2ccc3ccccc3c2)P2(=O)Oc3ccccc3-c3ccccc32)Oc2ccccc2-c2ccccc21. The molecule has 0 aromatic heterocycles. The first-order valence-corrected chi connectivity index (χ1v) is 17.3. The maximum absolute atomic E-state index is 15.6. The second-order valence-corrected chi connectivity index (χ2v) is 15.2. The third-order valence-corrected chi connectivity index (χ3v) is 13.0. The highest BCUT2D eigenvalue weighted by Gasteiger charge is 2.46. The molecule has 2 atom stereocenters. The number of benzene rings is 6. The van der Waals surface area contributed by atoms with Crippen LogP contribution in [0.4, 0.5) is 5.69 Å². The second kappa shape index (κ2) is 9.49. The highest BCUT2D eigenvalue weighted by Crippen LogP contribution is 2.63. The lowest BCUT2D eigenvalue weighted by Gasteiger charge is -2.41. The van der Waals surface area contributed by atoms with Crippen LogP contribution in [0.1, 0.15) is 0 Å². The fourth-order valence-electron chi connectivity index (χ4n) is 6.03. The average Bonchev–Trinajstić information content (AvgIpc) is 3.04. The summed E-state index contributed by atoms with van der Waals surface area (Å²) in [5.74, 6) is 1.24. The van der Waals surface area contributed by atoms with Gasteiger partial charge in [0.15, 0.2) is 7.28 Å². The van der Waals surface area contributed by atoms with Crippen LogP contribution in [0.25, 0.3) is 33.0 Å². The Morgan fingerprint density at radius 3 is 1.79 bits per heavy atom. The zero-order chi connectivity index (χ0) is 28.3. The molecule has 2 aliphatic rings. The molecule has 0 fully saturated rings. The Kier molecular flexibility index (Phi) is 5.69. The van der Waals surface area contributed by atoms with E-state index in [2.05, 4.69) is 6.07 Å². The summed E-state index contributed by atoms with van der Waals surface area (Å²) < 4.78 is 30.6. The Morgan fingerprint density at radius 2 is 1.07 bits per heavy atom. The van der Waals surface area contributed by atoms with Gasteiger partial charge >= 0.3 is 7.52 Å². The molecule has 0 spiro atoms. The van der Waals surface area contributed by atoms with Gasteiger partial charge in [-0.25, -0.2) is 4.57 Å². The van der Waals surface area contributed by atoms with Crippen LogP contribution in [0.3, 0.4) is 0 Å². The smallest absolute Gasteiger partial charge is 0.375 e. The van der Waals surface area contributed by atoms with Crippen molar-refractivity contribution in [2.24, 2.45) is 0 Å². The first kappa shape index (κ1) is 25.2. The highest BCUT2D eigenvalue weighted by molar-refractivity contribution is 7.73. The van der Waals surface area contributed by atoms with Gasteiger partial charge in [0.2, 0.25) is 0 Å². The first-order chi connectivity index (χ1) is 20.5. The molecule has 204 valence electrons. The zero-order valence-corrected chi connectivity index (χ0v) is 24.3. The quantitative estimate of drug-likeness (QED) is 0.210. The molecule has 0 saturated heterocycles. The maximum atomic E-state index is 15.6. The first-order valence-electron chi connectivity index (χ1n) is 13.8. The summed E-state index contributed by atoms with van der Waals surface area (Å²) in [4.78, 5) is 0. The fourth-order valence-corrected chi connectivity index (χ4v) is 11.6. The Bertz CT molecular complexity index is 2130. The third-order valence-electron chi connectivity index (χ3n) is 8.01. The van der Waals surface area contributed by atoms with Crippen molar-refractivity contribution in [3.05, 3.63) is 140 Å². The number of hydrogen-bond acceptors (Lipinski definition) is 4. The molecule has 5 nitrogen and oxygen atoms in total. The Labute approximate surface area is 244 Å². The number of fused-ring (bicyclic) bond motifs is 7. The summed E-state index contributed by atoms with van der Waals surface area (Å²) in [6.45, 7) is 0. The van der Waals surface area contributed by atoms with Gasteiger partial charge in [0.05, 0.1) is 11.6 Å². The van der Waals surface area contributed by atoms with E-state index in [0.29, 0.717) is 16.8 Å². The largest absolute Gasteiger partial charge is 0.454 e. The molecule has 0 bridgehead atoms. The summed E-state index contributed by atoms with van der Waals surface area (Å²) in [7, 11) is -6.94. The molecule has 1 N–H and O–H groups in total. The van der Waals surface area contributed by atoms with Gasteiger partial charge in [-0.05, 0) is 52.7 Å². The van der Waals surface area contributed by atoms with Crippen LogP contribution in [0.2, 0.25) is 0 Å². The lowest BCUT2D eigenvalue weighted by atomic mass is 10.0. The monoisotopic (exact) mass is 584 g/mol. The van der Waals surface area contributed by atoms with Gasteiger partial charge < -0.3 is 9.05 Å². The minimum absolute atomic E-state index is 0.0739. The van der Waals surface area contributed by atoms with Gasteiger partial charge in [0.25, 0.3) is 0 Å². The predicted octanol–water partition coefficient (Wildman–Crippen LogP) is 9.26. The Morgan fingerprint density at radius 1 is 0.548 bits per heavy atom. The van der Waals surface area contributed by atoms with Gasteiger partial charge in [-0.1, -0.05) is 103 Å². The predicted molar refractivity (Wildman–Crippen MR) is 173 cm³/mol. The van der Waals surface area contributed by atoms with Crippen LogP contribution in [0, 0.1) is 5.16 Å². The van der Waals surface area contributed by atoms with Crippen molar-refractivity contribution in [1.82, 2.24) is 0 Å². The van der Waals surface area contributed by atoms with E-state index in [-0.39, 0.29) is 6.29 Å². The number of nitrogens with zero attached hydrogens (tertiary/aromatic N) is 1. The Hall–Kier alpha value is -4.56. The molecule has 0 radical (unpaired) electrons. The standard InChI is InChI=1S/C35H26N2O3P2/c36-41(34-19-9-5-15-30(34)28-13-3-7-17-32(28)39-41)24-37(27-22-21-25-11-1-2-12-26(25)23-27)42(38)35-20-10-6-16-31(35)29-14-4-8-18-33(29)40-42/h1-23,36H,24H2. The molecule has 2 aliphatic heterocycles. The Balaban J connectivity index is 1.35. The summed E-state index contributed by atoms with van der Waals surface area (Å²) >= 11 is 0. The number of hydrogen-bond donors (Lipinski definition) is 1. The molecule has 6 aromatic carbocycles. The highest BCUT2D eigenvalue weighted by atomic mass is 31.2. The van der Waals surface area contributed by atoms with E-state index in [1.807, 2.05) is 138 Å². The van der Waals surface area contributed by atoms with E-state index in [9.17, 15) is 5.16 Å². The molecule has 6 aromatic rings. The fraction of sp³-hybridized carbons (Fsp3) is 0.0286. The molecule has 0 amide bonds. The summed E-state index contributed by atoms with van der Waals surface area (Å²) in [5.41, 5.74) is 4.45. The van der Waals surface area contributed by atoms with Crippen LogP contribution >= 0.6 is 14.8 Å². The van der Waals surface area contributed by atoms with Crippen molar-refractivity contribution in [2.45, 2.75) is 0 Å². The molecule has 0 saturated carbocycles. The molecule has 42 heavy (non-hydrogen) atoms. The molecule has 2 heterocycles.